The first kappa shape index (κ1) is 106. The van der Waals surface area contributed by atoms with Gasteiger partial charge in [0, 0.05) is 116 Å². The first-order chi connectivity index (χ1) is 58.7. The smallest absolute Gasteiger partial charge is 0.308 e. The Bertz CT molecular complexity index is 3580. The number of aliphatic hydroxyl groups excluding tert-OH is 1. The molecular weight excluding hydrogens is 1610 g/mol. The second kappa shape index (κ2) is 51.6. The number of fused-ring (bicyclic) bond motifs is 3. The van der Waals surface area contributed by atoms with Crippen LogP contribution in [0.2, 0.25) is 0 Å². The number of aliphatic hydroxyl groups is 1. The van der Waals surface area contributed by atoms with Gasteiger partial charge in [0.25, 0.3) is 0 Å². The number of carbonyl (C=O) groups excluding carboxylic acids is 9. The third-order valence-electron chi connectivity index (χ3n) is 24.9. The number of hydrogen-bond donors (Lipinski definition) is 1. The Labute approximate surface area is 734 Å². The Morgan fingerprint density at radius 2 is 0.887 bits per heavy atom. The van der Waals surface area contributed by atoms with E-state index in [2.05, 4.69) is 0 Å². The van der Waals surface area contributed by atoms with Gasteiger partial charge in [-0.05, 0) is 126 Å². The standard InChI is InChI=1S/C48H75NO15.C44H71NO15/c1-14-38-36(26-58-47-46(55-13)43(54-12)29(4)31(6)59-47)23-27(2)17-18-37(52)28(3)24-35-19-22-56-20-15-16-21-57-39(25-40(53)63-38)30(5)42(35)64-48-45(62-34(9)51)41(49(10)11)44(32(7)60-48)61-33(8)50;1-14-35-32(22-54-43-42(53-13)39(52-12)25(4)27(6)55-43)19-23(2)15-16-33(49)24(3)20-31(17-18-46)38(26(5)34(50)21-36(51)59-35)60-44-41(58-30(9)48)37(45(10)11)40(28(7)56-44)57-29(8)47/h15-19,22-23,28-32,35-36,38-39,41-48H,14,20-21,24-26H2,1-13H3;15-16,18-19,24-28,31-32,34-35,37-44,50H,14,17,20-22H2,1-13H3/b16-15+,18-17+,22-19-,27-23+;16-15+,23-19+/t28-,29-,30+,31?,32?,35+,36-,38-,39-,41?,42-,43+,44-,45?,46?,47-,48+;24-,25-,26+,27?,28?,31+,32-,34-,35-,37?,38-,39+,40-,41?,42?,43-,44+/m11/s1. The van der Waals surface area contributed by atoms with Crippen molar-refractivity contribution < 1.29 is 143 Å². The first-order valence-electron chi connectivity index (χ1n) is 43.8. The van der Waals surface area contributed by atoms with Crippen molar-refractivity contribution in [2.75, 3.05) is 83.1 Å². The Balaban J connectivity index is 0.000000384. The molecule has 4 fully saturated rings. The lowest BCUT2D eigenvalue weighted by molar-refractivity contribution is -0.308. The number of methoxy groups -OCH3 is 4. The third kappa shape index (κ3) is 30.3. The second-order valence-corrected chi connectivity index (χ2v) is 34.7. The van der Waals surface area contributed by atoms with Crippen molar-refractivity contribution in [3.63, 3.8) is 0 Å². The first-order valence-corrected chi connectivity index (χ1v) is 43.8. The summed E-state index contributed by atoms with van der Waals surface area (Å²) in [6.07, 6.45) is 2.41. The average molecular weight is 1760 g/mol. The van der Waals surface area contributed by atoms with Gasteiger partial charge in [-0.3, -0.25) is 48.2 Å². The number of aldehydes is 1. The topological polar surface area (TPSA) is 365 Å². The van der Waals surface area contributed by atoms with Crippen molar-refractivity contribution in [2.45, 2.75) is 317 Å². The normalized spacial score (nSPS) is 40.4. The Hall–Kier alpha value is -6.57. The molecule has 0 aromatic heterocycles. The molecule has 0 saturated carbocycles. The highest BCUT2D eigenvalue weighted by molar-refractivity contribution is 5.92. The molecule has 7 rings (SSSR count). The van der Waals surface area contributed by atoms with Crippen LogP contribution in [-0.2, 0) is 138 Å². The van der Waals surface area contributed by atoms with E-state index >= 15 is 0 Å². The highest BCUT2D eigenvalue weighted by Crippen LogP contribution is 2.41. The quantitative estimate of drug-likeness (QED) is 0.0406. The lowest BCUT2D eigenvalue weighted by atomic mass is 9.79. The molecule has 0 aliphatic carbocycles. The number of ether oxygens (including phenoxy) is 20. The zero-order valence-electron chi connectivity index (χ0n) is 77.9. The number of carbonyl (C=O) groups is 9. The van der Waals surface area contributed by atoms with Gasteiger partial charge >= 0.3 is 35.8 Å². The van der Waals surface area contributed by atoms with Gasteiger partial charge in [0.15, 0.2) is 48.9 Å². The van der Waals surface area contributed by atoms with Crippen LogP contribution in [0.5, 0.6) is 0 Å². The summed E-state index contributed by atoms with van der Waals surface area (Å²) in [6.45, 7) is 31.9. The molecule has 7 heterocycles. The van der Waals surface area contributed by atoms with E-state index in [0.717, 1.165) is 17.4 Å². The fourth-order valence-corrected chi connectivity index (χ4v) is 17.7. The molecule has 1 N–H and O–H groups in total. The van der Waals surface area contributed by atoms with Crippen LogP contribution in [0, 0.1) is 59.2 Å². The second-order valence-electron chi connectivity index (χ2n) is 34.7. The molecular formula is C92H146N2O30. The van der Waals surface area contributed by atoms with Crippen LogP contribution in [0.4, 0.5) is 0 Å². The monoisotopic (exact) mass is 1760 g/mol. The summed E-state index contributed by atoms with van der Waals surface area (Å²) in [6, 6.07) is -1.39. The predicted molar refractivity (Wildman–Crippen MR) is 454 cm³/mol. The number of hydrogen-bond acceptors (Lipinski definition) is 32. The van der Waals surface area contributed by atoms with Crippen molar-refractivity contribution in [2.24, 2.45) is 59.2 Å². The highest BCUT2D eigenvalue weighted by atomic mass is 16.7. The zero-order valence-corrected chi connectivity index (χ0v) is 77.9. The molecule has 7 aliphatic rings. The summed E-state index contributed by atoms with van der Waals surface area (Å²) in [4.78, 5) is 121. The Morgan fingerprint density at radius 3 is 1.30 bits per heavy atom. The van der Waals surface area contributed by atoms with Crippen LogP contribution in [0.25, 0.3) is 0 Å². The SMILES string of the molecule is CC[C@H]1OC(=O)C[C@@H](O)[C@H](C)[C@@H](O[C@@H]2OC(C)[C@@H](OC(C)=O)C(N(C)C)C2OC(C)=O)[C@@H](CC=O)C[C@@H](C)C(=O)/C=C/C(C)=C/[C@@H]1CO[C@@H]1OC(C)[C@@H](C)[C@H](OC)C1OC.CC[C@H]1OC(=O)C[C@H]2OC/C=C/CO/C=C\[C@@H](C[C@@H](C)C(=O)/C=C/C(C)=C/[C@@H]1CO[C@@H]1OC(C)[C@@H](C)[C@H](OC)C1OC)[C@H](O[C@@H]1OC(C)[C@@H](OC(C)=O)C(N(C)C)C1OC(C)=O)[C@H]2C. The molecule has 10 unspecified atom stereocenters. The van der Waals surface area contributed by atoms with E-state index in [1.165, 1.54) is 33.8 Å². The average Bonchev–Trinajstić information content (AvgIpc) is 0.772. The van der Waals surface area contributed by atoms with Crippen molar-refractivity contribution in [3.05, 3.63) is 72.1 Å². The van der Waals surface area contributed by atoms with Gasteiger partial charge in [-0.2, -0.15) is 0 Å². The van der Waals surface area contributed by atoms with E-state index in [4.69, 9.17) is 94.7 Å². The molecule has 0 amide bonds. The number of likely N-dealkylation sites (N-methyl/N-ethyl adjacent to an activating group) is 2. The van der Waals surface area contributed by atoms with Gasteiger partial charge in [0.05, 0.1) is 112 Å². The van der Waals surface area contributed by atoms with Crippen LogP contribution >= 0.6 is 0 Å². The summed E-state index contributed by atoms with van der Waals surface area (Å²) in [7, 11) is 13.5. The molecule has 0 radical (unpaired) electrons. The number of nitrogens with zero attached hydrogens (tertiary/aromatic N) is 2. The number of allylic oxidation sites excluding steroid dienone is 6. The minimum Gasteiger partial charge on any atom is -0.497 e. The maximum atomic E-state index is 14.3. The van der Waals surface area contributed by atoms with Gasteiger partial charge in [-0.15, -0.1) is 0 Å². The lowest BCUT2D eigenvalue weighted by Crippen LogP contribution is -2.65. The van der Waals surface area contributed by atoms with E-state index in [-0.39, 0.29) is 93.5 Å². The maximum Gasteiger partial charge on any atom is 0.308 e. The van der Waals surface area contributed by atoms with Crippen LogP contribution in [0.1, 0.15) is 170 Å². The van der Waals surface area contributed by atoms with Crippen molar-refractivity contribution in [3.8, 4) is 0 Å². The summed E-state index contributed by atoms with van der Waals surface area (Å²) in [5, 5.41) is 11.8. The van der Waals surface area contributed by atoms with Gasteiger partial charge in [-0.1, -0.05) is 96.9 Å². The van der Waals surface area contributed by atoms with Gasteiger partial charge in [0.2, 0.25) is 0 Å². The lowest BCUT2D eigenvalue weighted by Gasteiger charge is -2.48. The van der Waals surface area contributed by atoms with Crippen LogP contribution in [-0.4, -0.2) is 299 Å². The van der Waals surface area contributed by atoms with E-state index in [9.17, 15) is 48.3 Å². The number of ketones is 2. The molecule has 32 nitrogen and oxygen atoms in total. The minimum absolute atomic E-state index is 0.0373. The largest absolute Gasteiger partial charge is 0.497 e. The summed E-state index contributed by atoms with van der Waals surface area (Å²) < 4.78 is 123. The van der Waals surface area contributed by atoms with E-state index in [1.54, 1.807) is 114 Å². The van der Waals surface area contributed by atoms with Crippen molar-refractivity contribution >= 4 is 53.7 Å². The molecule has 0 aromatic rings. The fraction of sp³-hybridized carbons (Fsp3) is 0.772. The maximum absolute atomic E-state index is 14.3. The molecule has 2 bridgehead atoms. The fourth-order valence-electron chi connectivity index (χ4n) is 17.7. The van der Waals surface area contributed by atoms with Crippen LogP contribution in [0.3, 0.4) is 0 Å². The predicted octanol–water partition coefficient (Wildman–Crippen LogP) is 9.49. The molecule has 34 atom stereocenters. The molecule has 7 aliphatic heterocycles. The van der Waals surface area contributed by atoms with Gasteiger partial charge in [0.1, 0.15) is 49.5 Å². The molecule has 0 spiro atoms. The van der Waals surface area contributed by atoms with Gasteiger partial charge in [-0.25, -0.2) is 0 Å². The van der Waals surface area contributed by atoms with E-state index < -0.39 is 212 Å². The number of esters is 6. The Kier molecular flexibility index (Phi) is 44.2. The summed E-state index contributed by atoms with van der Waals surface area (Å²) in [5.74, 6) is -8.29. The van der Waals surface area contributed by atoms with Crippen LogP contribution in [0.15, 0.2) is 72.1 Å². The molecule has 124 heavy (non-hydrogen) atoms. The Morgan fingerprint density at radius 1 is 0.484 bits per heavy atom. The number of cyclic esters (lactones) is 2. The van der Waals surface area contributed by atoms with E-state index in [0.29, 0.717) is 19.3 Å². The zero-order chi connectivity index (χ0) is 92.3. The van der Waals surface area contributed by atoms with E-state index in [1.807, 2.05) is 105 Å². The van der Waals surface area contributed by atoms with Crippen molar-refractivity contribution in [1.29, 1.82) is 0 Å². The van der Waals surface area contributed by atoms with Crippen LogP contribution < -0.4 is 0 Å². The molecule has 32 heteroatoms. The molecule has 0 aromatic carbocycles. The van der Waals surface area contributed by atoms with Gasteiger partial charge < -0.3 is 105 Å². The molecule has 704 valence electrons. The highest BCUT2D eigenvalue weighted by Gasteiger charge is 2.55. The molecule has 4 saturated heterocycles. The number of rotatable bonds is 24. The van der Waals surface area contributed by atoms with Crippen molar-refractivity contribution in [1.82, 2.24) is 9.80 Å². The third-order valence-corrected chi connectivity index (χ3v) is 24.9. The summed E-state index contributed by atoms with van der Waals surface area (Å²) in [5.41, 5.74) is 1.50. The summed E-state index contributed by atoms with van der Waals surface area (Å²) >= 11 is 0. The minimum atomic E-state index is -1.35.